The first kappa shape index (κ1) is 32.4. The zero-order valence-corrected chi connectivity index (χ0v) is 26.4. The van der Waals surface area contributed by atoms with E-state index in [1.807, 2.05) is 40.7 Å². The van der Waals surface area contributed by atoms with Gasteiger partial charge in [-0.2, -0.15) is 0 Å². The van der Waals surface area contributed by atoms with E-state index in [4.69, 9.17) is 23.2 Å². The second-order valence-corrected chi connectivity index (χ2v) is 12.7. The highest BCUT2D eigenvalue weighted by molar-refractivity contribution is 7.92. The first-order chi connectivity index (χ1) is 19.4. The number of rotatable bonds is 12. The minimum absolute atomic E-state index is 0.0359. The van der Waals surface area contributed by atoms with Gasteiger partial charge in [0.05, 0.1) is 20.6 Å². The van der Waals surface area contributed by atoms with Crippen molar-refractivity contribution < 1.29 is 18.0 Å². The van der Waals surface area contributed by atoms with Crippen LogP contribution in [-0.4, -0.2) is 43.8 Å². The number of aryl methyl sites for hydroxylation is 1. The van der Waals surface area contributed by atoms with Crippen LogP contribution in [0.4, 0.5) is 5.69 Å². The number of carbonyl (C=O) groups excluding carboxylic acids is 2. The number of benzene rings is 3. The molecule has 0 aliphatic rings. The average molecular weight is 619 g/mol. The first-order valence-electron chi connectivity index (χ1n) is 13.6. The summed E-state index contributed by atoms with van der Waals surface area (Å²) < 4.78 is 29.1. The van der Waals surface area contributed by atoms with Crippen molar-refractivity contribution >= 4 is 50.7 Å². The van der Waals surface area contributed by atoms with Crippen LogP contribution in [0.3, 0.4) is 0 Å². The molecule has 220 valence electrons. The Kier molecular flexibility index (Phi) is 11.2. The molecule has 3 rings (SSSR count). The van der Waals surface area contributed by atoms with Crippen molar-refractivity contribution in [1.29, 1.82) is 0 Å². The summed E-state index contributed by atoms with van der Waals surface area (Å²) in [6, 6.07) is 17.4. The molecule has 0 fully saturated rings. The molecule has 7 nitrogen and oxygen atoms in total. The van der Waals surface area contributed by atoms with E-state index in [1.165, 1.54) is 17.0 Å². The highest BCUT2D eigenvalue weighted by atomic mass is 35.5. The molecular weight excluding hydrogens is 581 g/mol. The highest BCUT2D eigenvalue weighted by Crippen LogP contribution is 2.30. The van der Waals surface area contributed by atoms with Crippen LogP contribution in [0.15, 0.2) is 71.6 Å². The number of halogens is 2. The van der Waals surface area contributed by atoms with Crippen molar-refractivity contribution in [2.45, 2.75) is 71.0 Å². The molecule has 3 aromatic rings. The molecule has 1 N–H and O–H groups in total. The van der Waals surface area contributed by atoms with Crippen molar-refractivity contribution in [2.24, 2.45) is 0 Å². The van der Waals surface area contributed by atoms with Crippen LogP contribution in [0.1, 0.15) is 50.3 Å². The maximum Gasteiger partial charge on any atom is 0.264 e. The molecular formula is C31H37Cl2N3O4S. The minimum atomic E-state index is -4.14. The zero-order valence-electron chi connectivity index (χ0n) is 24.0. The third-order valence-corrected chi connectivity index (χ3v) is 9.69. The van der Waals surface area contributed by atoms with Gasteiger partial charge < -0.3 is 10.2 Å². The predicted molar refractivity (Wildman–Crippen MR) is 166 cm³/mol. The molecule has 0 aromatic heterocycles. The number of nitrogens with one attached hydrogen (secondary N) is 1. The van der Waals surface area contributed by atoms with Gasteiger partial charge in [0.1, 0.15) is 12.6 Å². The summed E-state index contributed by atoms with van der Waals surface area (Å²) in [6.45, 7) is 8.91. The molecule has 2 amide bonds. The Morgan fingerprint density at radius 2 is 1.59 bits per heavy atom. The van der Waals surface area contributed by atoms with Gasteiger partial charge in [0.25, 0.3) is 10.0 Å². The lowest BCUT2D eigenvalue weighted by Gasteiger charge is -2.34. The molecule has 3 aromatic carbocycles. The zero-order chi connectivity index (χ0) is 30.3. The molecule has 10 heteroatoms. The third-order valence-electron chi connectivity index (χ3n) is 7.18. The summed E-state index contributed by atoms with van der Waals surface area (Å²) in [6.07, 6.45) is 1.04. The summed E-state index contributed by atoms with van der Waals surface area (Å²) in [5.74, 6) is -0.831. The summed E-state index contributed by atoms with van der Waals surface area (Å²) in [5.41, 5.74) is 2.67. The van der Waals surface area contributed by atoms with E-state index in [9.17, 15) is 18.0 Å². The normalized spacial score (nSPS) is 12.9. The highest BCUT2D eigenvalue weighted by Gasteiger charge is 2.34. The molecule has 0 radical (unpaired) electrons. The second-order valence-electron chi connectivity index (χ2n) is 10.1. The number of nitrogens with zero attached hydrogens (tertiary/aromatic N) is 2. The van der Waals surface area contributed by atoms with Gasteiger partial charge in [-0.15, -0.1) is 0 Å². The number of sulfonamides is 1. The maximum atomic E-state index is 14.2. The van der Waals surface area contributed by atoms with Crippen LogP contribution in [0.2, 0.25) is 10.0 Å². The fourth-order valence-corrected chi connectivity index (χ4v) is 6.25. The van der Waals surface area contributed by atoms with Crippen molar-refractivity contribution in [3.05, 3.63) is 93.5 Å². The van der Waals surface area contributed by atoms with E-state index >= 15 is 0 Å². The summed E-state index contributed by atoms with van der Waals surface area (Å²) in [5, 5.41) is 3.65. The van der Waals surface area contributed by atoms with Crippen LogP contribution in [-0.2, 0) is 26.2 Å². The largest absolute Gasteiger partial charge is 0.352 e. The first-order valence-corrected chi connectivity index (χ1v) is 15.8. The third kappa shape index (κ3) is 7.82. The standard InChI is InChI=1S/C31H37Cl2N3O4S/c1-6-22(4)34-31(38)28(7-2)35(19-24-16-17-26(32)27(33)18-24)30(37)20-36(29-15-11-12-21(3)23(29)5)41(39,40)25-13-9-8-10-14-25/h8-18,22,28H,6-7,19-20H2,1-5H3,(H,34,38)/t22-,28+/m0/s1. The summed E-state index contributed by atoms with van der Waals surface area (Å²) in [7, 11) is -4.14. The van der Waals surface area contributed by atoms with E-state index < -0.39 is 28.5 Å². The Bertz CT molecular complexity index is 1480. The van der Waals surface area contributed by atoms with Crippen LogP contribution < -0.4 is 9.62 Å². The monoisotopic (exact) mass is 617 g/mol. The van der Waals surface area contributed by atoms with E-state index in [0.29, 0.717) is 27.7 Å². The molecule has 0 aliphatic heterocycles. The molecule has 0 saturated carbocycles. The summed E-state index contributed by atoms with van der Waals surface area (Å²) >= 11 is 12.4. The Hall–Kier alpha value is -3.07. The van der Waals surface area contributed by atoms with Gasteiger partial charge in [-0.1, -0.05) is 73.4 Å². The van der Waals surface area contributed by atoms with Gasteiger partial charge in [-0.25, -0.2) is 8.42 Å². The van der Waals surface area contributed by atoms with Crippen LogP contribution >= 0.6 is 23.2 Å². The van der Waals surface area contributed by atoms with Crippen LogP contribution in [0, 0.1) is 13.8 Å². The molecule has 0 unspecified atom stereocenters. The second kappa shape index (κ2) is 14.2. The number of amides is 2. The number of hydrogen-bond acceptors (Lipinski definition) is 4. The lowest BCUT2D eigenvalue weighted by atomic mass is 10.1. The Balaban J connectivity index is 2.11. The Morgan fingerprint density at radius 1 is 0.902 bits per heavy atom. The smallest absolute Gasteiger partial charge is 0.264 e. The maximum absolute atomic E-state index is 14.2. The molecule has 41 heavy (non-hydrogen) atoms. The number of anilines is 1. The lowest BCUT2D eigenvalue weighted by molar-refractivity contribution is -0.140. The fraction of sp³-hybridized carbons (Fsp3) is 0.355. The molecule has 0 heterocycles. The number of hydrogen-bond donors (Lipinski definition) is 1. The molecule has 0 spiro atoms. The van der Waals surface area contributed by atoms with Gasteiger partial charge in [-0.05, 0) is 80.6 Å². The SMILES string of the molecule is CC[C@H](C(=O)N[C@@H](C)CC)N(Cc1ccc(Cl)c(Cl)c1)C(=O)CN(c1cccc(C)c1C)S(=O)(=O)c1ccccc1. The van der Waals surface area contributed by atoms with Gasteiger partial charge in [0.15, 0.2) is 0 Å². The van der Waals surface area contributed by atoms with E-state index in [2.05, 4.69) is 5.32 Å². The molecule has 0 saturated heterocycles. The minimum Gasteiger partial charge on any atom is -0.352 e. The molecule has 0 bridgehead atoms. The van der Waals surface area contributed by atoms with Gasteiger partial charge >= 0.3 is 0 Å². The average Bonchev–Trinajstić information content (AvgIpc) is 2.95. The topological polar surface area (TPSA) is 86.8 Å². The van der Waals surface area contributed by atoms with Crippen LogP contribution in [0.25, 0.3) is 0 Å². The van der Waals surface area contributed by atoms with Gasteiger partial charge in [-0.3, -0.25) is 13.9 Å². The summed E-state index contributed by atoms with van der Waals surface area (Å²) in [4.78, 5) is 29.1. The van der Waals surface area contributed by atoms with E-state index in [1.54, 1.807) is 48.5 Å². The van der Waals surface area contributed by atoms with Crippen LogP contribution in [0.5, 0.6) is 0 Å². The van der Waals surface area contributed by atoms with Crippen molar-refractivity contribution in [3.63, 3.8) is 0 Å². The van der Waals surface area contributed by atoms with Crippen molar-refractivity contribution in [3.8, 4) is 0 Å². The fourth-order valence-electron chi connectivity index (χ4n) is 4.43. The number of carbonyl (C=O) groups is 2. The quantitative estimate of drug-likeness (QED) is 0.250. The van der Waals surface area contributed by atoms with Crippen molar-refractivity contribution in [2.75, 3.05) is 10.8 Å². The van der Waals surface area contributed by atoms with E-state index in [0.717, 1.165) is 21.9 Å². The van der Waals surface area contributed by atoms with Crippen molar-refractivity contribution in [1.82, 2.24) is 10.2 Å². The predicted octanol–water partition coefficient (Wildman–Crippen LogP) is 6.53. The van der Waals surface area contributed by atoms with Gasteiger partial charge in [0.2, 0.25) is 11.8 Å². The Labute approximate surface area is 253 Å². The van der Waals surface area contributed by atoms with Gasteiger partial charge in [0, 0.05) is 12.6 Å². The molecule has 2 atom stereocenters. The van der Waals surface area contributed by atoms with E-state index in [-0.39, 0.29) is 23.4 Å². The molecule has 0 aliphatic carbocycles. The Morgan fingerprint density at radius 3 is 2.20 bits per heavy atom. The lowest BCUT2D eigenvalue weighted by Crippen LogP contribution is -2.53.